The average molecular weight is 381 g/mol. The van der Waals surface area contributed by atoms with Crippen LogP contribution in [0.5, 0.6) is 5.88 Å². The number of H-pyrrole nitrogens is 1. The van der Waals surface area contributed by atoms with Gasteiger partial charge in [-0.05, 0) is 18.2 Å². The van der Waals surface area contributed by atoms with Gasteiger partial charge in [0.25, 0.3) is 5.88 Å². The number of aliphatic imine (C=N–C) groups is 1. The molecule has 1 aliphatic carbocycles. The molecule has 3 heterocycles. The number of hydrogen-bond donors (Lipinski definition) is 4. The summed E-state index contributed by atoms with van der Waals surface area (Å²) in [6.07, 6.45) is 5.15. The van der Waals surface area contributed by atoms with Gasteiger partial charge in [0.15, 0.2) is 5.69 Å². The second-order valence-corrected chi connectivity index (χ2v) is 5.98. The normalized spacial score (nSPS) is 15.0. The fraction of sp³-hybridized carbons (Fsp3) is 0.211. The lowest BCUT2D eigenvalue weighted by atomic mass is 9.98. The van der Waals surface area contributed by atoms with Gasteiger partial charge < -0.3 is 24.7 Å². The molecule has 1 aliphatic rings. The maximum atomic E-state index is 9.08. The SMILES string of the molecule is N=C1C(=Nc2c(OCCO)nn3ccccc23)C=C(OCCO)c2[nH]ccc21. The Bertz CT molecular complexity index is 1080. The lowest BCUT2D eigenvalue weighted by Gasteiger charge is -2.17. The Hall–Kier alpha value is -3.43. The number of allylic oxidation sites excluding steroid dienone is 1. The number of aromatic nitrogens is 3. The van der Waals surface area contributed by atoms with Crippen molar-refractivity contribution in [2.75, 3.05) is 26.4 Å². The van der Waals surface area contributed by atoms with Crippen molar-refractivity contribution >= 4 is 28.4 Å². The van der Waals surface area contributed by atoms with Crippen LogP contribution in [-0.2, 0) is 4.74 Å². The van der Waals surface area contributed by atoms with E-state index in [1.807, 2.05) is 18.2 Å². The van der Waals surface area contributed by atoms with E-state index in [0.717, 1.165) is 0 Å². The number of hydrogen-bond acceptors (Lipinski definition) is 7. The monoisotopic (exact) mass is 381 g/mol. The first kappa shape index (κ1) is 18.0. The van der Waals surface area contributed by atoms with Gasteiger partial charge in [0.05, 0.1) is 35.8 Å². The second-order valence-electron chi connectivity index (χ2n) is 5.98. The Kier molecular flexibility index (Phi) is 4.92. The Labute approximate surface area is 160 Å². The summed E-state index contributed by atoms with van der Waals surface area (Å²) in [6, 6.07) is 7.32. The molecular formula is C19H19N5O4. The Morgan fingerprint density at radius 2 is 1.96 bits per heavy atom. The minimum atomic E-state index is -0.147. The smallest absolute Gasteiger partial charge is 0.260 e. The summed E-state index contributed by atoms with van der Waals surface area (Å²) < 4.78 is 12.8. The van der Waals surface area contributed by atoms with Gasteiger partial charge in [0.1, 0.15) is 19.0 Å². The third-order valence-electron chi connectivity index (χ3n) is 4.18. The molecule has 28 heavy (non-hydrogen) atoms. The maximum Gasteiger partial charge on any atom is 0.260 e. The first-order valence-electron chi connectivity index (χ1n) is 8.75. The average Bonchev–Trinajstić information content (AvgIpc) is 3.33. The highest BCUT2D eigenvalue weighted by atomic mass is 16.5. The predicted octanol–water partition coefficient (Wildman–Crippen LogP) is 1.54. The van der Waals surface area contributed by atoms with Crippen LogP contribution >= 0.6 is 0 Å². The van der Waals surface area contributed by atoms with Crippen LogP contribution in [0, 0.1) is 5.41 Å². The molecule has 4 rings (SSSR count). The zero-order valence-corrected chi connectivity index (χ0v) is 14.9. The molecule has 0 saturated carbocycles. The van der Waals surface area contributed by atoms with Crippen molar-refractivity contribution < 1.29 is 19.7 Å². The molecule has 0 bridgehead atoms. The largest absolute Gasteiger partial charge is 0.489 e. The second kappa shape index (κ2) is 7.67. The minimum Gasteiger partial charge on any atom is -0.489 e. The van der Waals surface area contributed by atoms with E-state index < -0.39 is 0 Å². The van der Waals surface area contributed by atoms with Crippen molar-refractivity contribution in [1.29, 1.82) is 5.41 Å². The summed E-state index contributed by atoms with van der Waals surface area (Å²) in [5.74, 6) is 0.768. The van der Waals surface area contributed by atoms with Gasteiger partial charge >= 0.3 is 0 Å². The topological polar surface area (TPSA) is 128 Å². The summed E-state index contributed by atoms with van der Waals surface area (Å²) in [5, 5.41) is 31.0. The lowest BCUT2D eigenvalue weighted by molar-refractivity contribution is 0.180. The van der Waals surface area contributed by atoms with Crippen molar-refractivity contribution in [1.82, 2.24) is 14.6 Å². The van der Waals surface area contributed by atoms with Crippen LogP contribution in [0.1, 0.15) is 11.3 Å². The Balaban J connectivity index is 1.82. The van der Waals surface area contributed by atoms with Crippen LogP contribution in [0.15, 0.2) is 47.7 Å². The third-order valence-corrected chi connectivity index (χ3v) is 4.18. The highest BCUT2D eigenvalue weighted by Crippen LogP contribution is 2.34. The van der Waals surface area contributed by atoms with Gasteiger partial charge in [-0.2, -0.15) is 0 Å². The van der Waals surface area contributed by atoms with Crippen molar-refractivity contribution in [3.05, 3.63) is 54.0 Å². The lowest BCUT2D eigenvalue weighted by Crippen LogP contribution is -2.19. The van der Waals surface area contributed by atoms with Crippen LogP contribution in [-0.4, -0.2) is 62.7 Å². The number of fused-ring (bicyclic) bond motifs is 2. The van der Waals surface area contributed by atoms with Gasteiger partial charge in [-0.1, -0.05) is 6.07 Å². The fourth-order valence-electron chi connectivity index (χ4n) is 2.97. The Morgan fingerprint density at radius 1 is 1.14 bits per heavy atom. The third kappa shape index (κ3) is 3.17. The molecule has 9 heteroatoms. The molecule has 3 aromatic heterocycles. The number of nitrogens with zero attached hydrogens (tertiary/aromatic N) is 3. The molecule has 0 atom stereocenters. The molecule has 0 aromatic carbocycles. The highest BCUT2D eigenvalue weighted by molar-refractivity contribution is 6.54. The molecule has 0 aliphatic heterocycles. The molecule has 144 valence electrons. The molecular weight excluding hydrogens is 362 g/mol. The standard InChI is InChI=1S/C19H19N5O4/c20-16-12-4-5-21-17(12)15(27-9-7-25)11-13(16)22-18-14-3-1-2-6-24(14)23-19(18)28-10-8-26/h1-6,11,20-21,25-26H,7-10H2. The van der Waals surface area contributed by atoms with Gasteiger partial charge in [-0.25, -0.2) is 9.51 Å². The molecule has 3 aromatic rings. The van der Waals surface area contributed by atoms with Crippen LogP contribution in [0.25, 0.3) is 11.3 Å². The van der Waals surface area contributed by atoms with Gasteiger partial charge in [0.2, 0.25) is 0 Å². The van der Waals surface area contributed by atoms with Crippen molar-refractivity contribution in [2.24, 2.45) is 4.99 Å². The summed E-state index contributed by atoms with van der Waals surface area (Å²) in [5.41, 5.74) is 3.12. The summed E-state index contributed by atoms with van der Waals surface area (Å²) in [4.78, 5) is 7.70. The summed E-state index contributed by atoms with van der Waals surface area (Å²) in [6.45, 7) is -0.0513. The number of nitrogens with one attached hydrogen (secondary N) is 2. The minimum absolute atomic E-state index is 0.0852. The van der Waals surface area contributed by atoms with E-state index in [4.69, 9.17) is 25.1 Å². The molecule has 0 unspecified atom stereocenters. The summed E-state index contributed by atoms with van der Waals surface area (Å²) in [7, 11) is 0. The van der Waals surface area contributed by atoms with E-state index in [9.17, 15) is 0 Å². The van der Waals surface area contributed by atoms with Crippen LogP contribution in [0.2, 0.25) is 0 Å². The zero-order valence-electron chi connectivity index (χ0n) is 14.9. The first-order valence-corrected chi connectivity index (χ1v) is 8.75. The maximum absolute atomic E-state index is 9.08. The van der Waals surface area contributed by atoms with E-state index in [1.165, 1.54) is 0 Å². The van der Waals surface area contributed by atoms with E-state index >= 15 is 0 Å². The molecule has 0 saturated heterocycles. The van der Waals surface area contributed by atoms with Crippen LogP contribution in [0.4, 0.5) is 5.69 Å². The fourth-order valence-corrected chi connectivity index (χ4v) is 2.97. The Morgan fingerprint density at radius 3 is 2.79 bits per heavy atom. The van der Waals surface area contributed by atoms with Gasteiger partial charge in [-0.15, -0.1) is 5.10 Å². The van der Waals surface area contributed by atoms with Crippen LogP contribution < -0.4 is 4.74 Å². The molecule has 0 fully saturated rings. The first-order chi connectivity index (χ1) is 13.7. The van der Waals surface area contributed by atoms with E-state index in [1.54, 1.807) is 29.1 Å². The molecule has 9 nitrogen and oxygen atoms in total. The van der Waals surface area contributed by atoms with E-state index in [-0.39, 0.29) is 38.0 Å². The molecule has 4 N–H and O–H groups in total. The summed E-state index contributed by atoms with van der Waals surface area (Å²) >= 11 is 0. The van der Waals surface area contributed by atoms with Crippen LogP contribution in [0.3, 0.4) is 0 Å². The van der Waals surface area contributed by atoms with Crippen molar-refractivity contribution in [3.8, 4) is 5.88 Å². The van der Waals surface area contributed by atoms with Gasteiger partial charge in [0, 0.05) is 24.0 Å². The number of rotatable bonds is 7. The quantitative estimate of drug-likeness (QED) is 0.493. The van der Waals surface area contributed by atoms with Crippen molar-refractivity contribution in [3.63, 3.8) is 0 Å². The zero-order chi connectivity index (χ0) is 19.5. The van der Waals surface area contributed by atoms with Crippen molar-refractivity contribution in [2.45, 2.75) is 0 Å². The number of ether oxygens (including phenoxy) is 2. The highest BCUT2D eigenvalue weighted by Gasteiger charge is 2.25. The molecule has 0 radical (unpaired) electrons. The molecule has 0 amide bonds. The predicted molar refractivity (Wildman–Crippen MR) is 104 cm³/mol. The number of pyridine rings is 1. The number of aliphatic hydroxyl groups is 2. The van der Waals surface area contributed by atoms with Gasteiger partial charge in [-0.3, -0.25) is 5.41 Å². The molecule has 0 spiro atoms. The van der Waals surface area contributed by atoms with E-state index in [2.05, 4.69) is 15.1 Å². The number of aromatic amines is 1. The number of aliphatic hydroxyl groups excluding tert-OH is 2. The van der Waals surface area contributed by atoms with E-state index in [0.29, 0.717) is 33.9 Å².